The summed E-state index contributed by atoms with van der Waals surface area (Å²) in [5.74, 6) is 0.204. The molecular weight excluding hydrogens is 420 g/mol. The van der Waals surface area contributed by atoms with Gasteiger partial charge in [-0.15, -0.1) is 0 Å². The third-order valence-electron chi connectivity index (χ3n) is 8.34. The lowest BCUT2D eigenvalue weighted by Gasteiger charge is -2.49. The number of aromatic nitrogens is 1. The van der Waals surface area contributed by atoms with E-state index in [1.165, 1.54) is 16.6 Å². The van der Waals surface area contributed by atoms with Crippen molar-refractivity contribution in [2.75, 3.05) is 31.5 Å². The maximum atomic E-state index is 13.2. The summed E-state index contributed by atoms with van der Waals surface area (Å²) in [7, 11) is 2.10. The lowest BCUT2D eigenvalue weighted by atomic mass is 9.85. The van der Waals surface area contributed by atoms with E-state index in [9.17, 15) is 4.79 Å². The minimum Gasteiger partial charge on any atom is -0.382 e. The summed E-state index contributed by atoms with van der Waals surface area (Å²) < 4.78 is 2.18. The van der Waals surface area contributed by atoms with E-state index in [2.05, 4.69) is 64.1 Å². The molecule has 0 radical (unpaired) electrons. The number of benzene rings is 2. The number of aryl methyl sites for hydroxylation is 3. The fraction of sp³-hybridized carbons (Fsp3) is 0.483. The second kappa shape index (κ2) is 9.10. The highest BCUT2D eigenvalue weighted by Gasteiger charge is 2.38. The van der Waals surface area contributed by atoms with Crippen LogP contribution in [0.3, 0.4) is 0 Å². The Hall–Kier alpha value is -2.79. The number of hydrogen-bond donors (Lipinski definition) is 1. The van der Waals surface area contributed by atoms with Crippen molar-refractivity contribution in [3.63, 3.8) is 0 Å². The van der Waals surface area contributed by atoms with E-state index in [-0.39, 0.29) is 11.4 Å². The molecule has 34 heavy (non-hydrogen) atoms. The molecule has 0 bridgehead atoms. The minimum atomic E-state index is 0.185. The predicted octanol–water partition coefficient (Wildman–Crippen LogP) is 5.37. The van der Waals surface area contributed by atoms with Crippen LogP contribution in [-0.2, 0) is 7.05 Å². The third kappa shape index (κ3) is 4.34. The molecule has 2 aromatic carbocycles. The summed E-state index contributed by atoms with van der Waals surface area (Å²) in [4.78, 5) is 18.0. The zero-order valence-corrected chi connectivity index (χ0v) is 21.1. The van der Waals surface area contributed by atoms with Crippen LogP contribution in [0, 0.1) is 13.8 Å². The Morgan fingerprint density at radius 2 is 1.65 bits per heavy atom. The van der Waals surface area contributed by atoms with Crippen molar-refractivity contribution in [1.29, 1.82) is 0 Å². The largest absolute Gasteiger partial charge is 0.382 e. The van der Waals surface area contributed by atoms with Crippen molar-refractivity contribution in [2.24, 2.45) is 7.05 Å². The monoisotopic (exact) mass is 458 g/mol. The van der Waals surface area contributed by atoms with E-state index in [1.807, 2.05) is 32.0 Å². The van der Waals surface area contributed by atoms with Gasteiger partial charge in [0.15, 0.2) is 0 Å². The molecule has 3 aromatic rings. The first kappa shape index (κ1) is 23.0. The fourth-order valence-electron chi connectivity index (χ4n) is 5.97. The number of fused-ring (bicyclic) bond motifs is 1. The quantitative estimate of drug-likeness (QED) is 0.572. The molecule has 1 amide bonds. The highest BCUT2D eigenvalue weighted by atomic mass is 16.2. The molecule has 2 fully saturated rings. The highest BCUT2D eigenvalue weighted by molar-refractivity contribution is 5.97. The molecule has 3 heterocycles. The first-order valence-electron chi connectivity index (χ1n) is 12.8. The Morgan fingerprint density at radius 1 is 0.971 bits per heavy atom. The number of nitrogens with one attached hydrogen (secondary N) is 1. The third-order valence-corrected chi connectivity index (χ3v) is 8.34. The van der Waals surface area contributed by atoms with Gasteiger partial charge in [0.1, 0.15) is 0 Å². The van der Waals surface area contributed by atoms with Gasteiger partial charge in [-0.2, -0.15) is 0 Å². The van der Waals surface area contributed by atoms with Gasteiger partial charge in [-0.05, 0) is 81.2 Å². The van der Waals surface area contributed by atoms with Crippen molar-refractivity contribution in [3.8, 4) is 0 Å². The molecule has 180 valence electrons. The molecule has 0 spiro atoms. The van der Waals surface area contributed by atoms with Crippen LogP contribution in [0.15, 0.2) is 48.7 Å². The molecule has 0 atom stereocenters. The van der Waals surface area contributed by atoms with Gasteiger partial charge < -0.3 is 14.8 Å². The van der Waals surface area contributed by atoms with Gasteiger partial charge in [-0.25, -0.2) is 0 Å². The molecule has 5 heteroatoms. The second-order valence-electron chi connectivity index (χ2n) is 10.7. The Bertz CT molecular complexity index is 1160. The lowest BCUT2D eigenvalue weighted by Crippen LogP contribution is -2.57. The van der Waals surface area contributed by atoms with Crippen molar-refractivity contribution >= 4 is 22.5 Å². The number of amides is 1. The van der Waals surface area contributed by atoms with Crippen molar-refractivity contribution in [2.45, 2.75) is 58.0 Å². The molecule has 0 aliphatic carbocycles. The molecule has 1 N–H and O–H groups in total. The van der Waals surface area contributed by atoms with Crippen LogP contribution >= 0.6 is 0 Å². The maximum Gasteiger partial charge on any atom is 0.254 e. The van der Waals surface area contributed by atoms with Gasteiger partial charge in [0.25, 0.3) is 5.91 Å². The molecule has 0 saturated carbocycles. The van der Waals surface area contributed by atoms with Gasteiger partial charge in [0, 0.05) is 67.8 Å². The molecular formula is C29H38N4O. The van der Waals surface area contributed by atoms with E-state index in [0.717, 1.165) is 68.6 Å². The Morgan fingerprint density at radius 3 is 2.32 bits per heavy atom. The standard InChI is InChI=1S/C29H38N4O/c1-21-6-5-7-22(2)27(21)28(34)32-18-13-29(3,14-19-32)33-16-11-24(12-17-33)30-25-9-8-23-10-15-31(4)26(23)20-25/h5-10,15,20,24,30H,11-14,16-19H2,1-4H3. The molecule has 2 saturated heterocycles. The van der Waals surface area contributed by atoms with Crippen LogP contribution in [0.4, 0.5) is 5.69 Å². The number of hydrogen-bond acceptors (Lipinski definition) is 3. The number of piperidine rings is 2. The summed E-state index contributed by atoms with van der Waals surface area (Å²) in [6, 6.07) is 15.5. The van der Waals surface area contributed by atoms with Crippen LogP contribution in [0.2, 0.25) is 0 Å². The Kier molecular flexibility index (Phi) is 6.15. The average molecular weight is 459 g/mol. The second-order valence-corrected chi connectivity index (χ2v) is 10.7. The van der Waals surface area contributed by atoms with Gasteiger partial charge in [0.05, 0.1) is 0 Å². The number of rotatable bonds is 4. The van der Waals surface area contributed by atoms with E-state index < -0.39 is 0 Å². The SMILES string of the molecule is Cc1cccc(C)c1C(=O)N1CCC(C)(N2CCC(Nc3ccc4ccn(C)c4c3)CC2)CC1. The van der Waals surface area contributed by atoms with Gasteiger partial charge >= 0.3 is 0 Å². The van der Waals surface area contributed by atoms with Crippen LogP contribution in [-0.4, -0.2) is 58.0 Å². The number of nitrogens with zero attached hydrogens (tertiary/aromatic N) is 3. The van der Waals surface area contributed by atoms with Gasteiger partial charge in [-0.3, -0.25) is 9.69 Å². The molecule has 2 aliphatic heterocycles. The summed E-state index contributed by atoms with van der Waals surface area (Å²) in [5.41, 5.74) is 5.74. The van der Waals surface area contributed by atoms with Crippen molar-refractivity contribution < 1.29 is 4.79 Å². The van der Waals surface area contributed by atoms with Gasteiger partial charge in [-0.1, -0.05) is 24.3 Å². The minimum absolute atomic E-state index is 0.185. The lowest BCUT2D eigenvalue weighted by molar-refractivity contribution is 0.0187. The summed E-state index contributed by atoms with van der Waals surface area (Å²) >= 11 is 0. The van der Waals surface area contributed by atoms with E-state index >= 15 is 0 Å². The van der Waals surface area contributed by atoms with E-state index in [4.69, 9.17) is 0 Å². The molecule has 1 aromatic heterocycles. The Balaban J connectivity index is 1.16. The number of likely N-dealkylation sites (tertiary alicyclic amines) is 2. The van der Waals surface area contributed by atoms with Crippen LogP contribution < -0.4 is 5.32 Å². The highest BCUT2D eigenvalue weighted by Crippen LogP contribution is 2.33. The predicted molar refractivity (Wildman–Crippen MR) is 141 cm³/mol. The van der Waals surface area contributed by atoms with Crippen LogP contribution in [0.1, 0.15) is 54.1 Å². The summed E-state index contributed by atoms with van der Waals surface area (Å²) in [6.07, 6.45) is 6.53. The van der Waals surface area contributed by atoms with Crippen molar-refractivity contribution in [3.05, 3.63) is 65.4 Å². The van der Waals surface area contributed by atoms with Crippen LogP contribution in [0.5, 0.6) is 0 Å². The van der Waals surface area contributed by atoms with E-state index in [1.54, 1.807) is 0 Å². The maximum absolute atomic E-state index is 13.2. The zero-order chi connectivity index (χ0) is 23.9. The molecule has 2 aliphatic rings. The number of carbonyl (C=O) groups is 1. The number of carbonyl (C=O) groups excluding carboxylic acids is 1. The summed E-state index contributed by atoms with van der Waals surface area (Å²) in [6.45, 7) is 10.4. The molecule has 5 nitrogen and oxygen atoms in total. The smallest absolute Gasteiger partial charge is 0.254 e. The number of anilines is 1. The normalized spacial score (nSPS) is 19.5. The summed E-state index contributed by atoms with van der Waals surface area (Å²) in [5, 5.41) is 5.07. The van der Waals surface area contributed by atoms with Gasteiger partial charge in [0.2, 0.25) is 0 Å². The topological polar surface area (TPSA) is 40.5 Å². The van der Waals surface area contributed by atoms with Crippen molar-refractivity contribution in [1.82, 2.24) is 14.4 Å². The average Bonchev–Trinajstić information content (AvgIpc) is 3.20. The molecule has 5 rings (SSSR count). The zero-order valence-electron chi connectivity index (χ0n) is 21.1. The first-order chi connectivity index (χ1) is 16.3. The van der Waals surface area contributed by atoms with E-state index in [0.29, 0.717) is 6.04 Å². The Labute approximate surface area is 203 Å². The molecule has 0 unspecified atom stereocenters. The fourth-order valence-corrected chi connectivity index (χ4v) is 5.97. The van der Waals surface area contributed by atoms with Crippen LogP contribution in [0.25, 0.3) is 10.9 Å². The first-order valence-corrected chi connectivity index (χ1v) is 12.8.